The van der Waals surface area contributed by atoms with Crippen LogP contribution in [-0.2, 0) is 0 Å². The second-order valence-electron chi connectivity index (χ2n) is 3.77. The van der Waals surface area contributed by atoms with Gasteiger partial charge in [0.05, 0.1) is 13.8 Å². The fraction of sp³-hybridized carbons (Fsp3) is 0.500. The molecule has 2 N–H and O–H groups in total. The minimum Gasteiger partial charge on any atom is -0.496 e. The van der Waals surface area contributed by atoms with Gasteiger partial charge < -0.3 is 10.5 Å². The first-order valence-corrected chi connectivity index (χ1v) is 5.06. The summed E-state index contributed by atoms with van der Waals surface area (Å²) >= 11 is 0. The molecule has 4 heteroatoms. The van der Waals surface area contributed by atoms with Gasteiger partial charge in [-0.3, -0.25) is 4.39 Å². The number of hydrogen-bond acceptors (Lipinski definition) is 2. The molecule has 1 rings (SSSR count). The van der Waals surface area contributed by atoms with Gasteiger partial charge in [0.2, 0.25) is 0 Å². The molecular weight excluding hydrogens is 229 g/mol. The molecule has 0 aliphatic heterocycles. The maximum Gasteiger partial charge on any atom is 0.124 e. The van der Waals surface area contributed by atoms with Crippen LogP contribution in [0.5, 0.6) is 5.75 Å². The summed E-state index contributed by atoms with van der Waals surface area (Å²) in [5.41, 5.74) is 8.92. The number of methoxy groups -OCH3 is 1. The molecule has 0 amide bonds. The van der Waals surface area contributed by atoms with E-state index in [1.54, 1.807) is 7.11 Å². The lowest BCUT2D eigenvalue weighted by Gasteiger charge is -2.15. The first-order valence-electron chi connectivity index (χ1n) is 5.06. The molecule has 0 saturated heterocycles. The molecule has 0 bridgehead atoms. The van der Waals surface area contributed by atoms with E-state index in [2.05, 4.69) is 0 Å². The van der Waals surface area contributed by atoms with E-state index >= 15 is 0 Å². The van der Waals surface area contributed by atoms with Crippen molar-refractivity contribution in [2.75, 3.05) is 13.8 Å². The lowest BCUT2D eigenvalue weighted by atomic mass is 9.99. The monoisotopic (exact) mass is 247 g/mol. The predicted molar refractivity (Wildman–Crippen MR) is 67.2 cm³/mol. The second-order valence-corrected chi connectivity index (χ2v) is 3.77. The van der Waals surface area contributed by atoms with E-state index < -0.39 is 0 Å². The summed E-state index contributed by atoms with van der Waals surface area (Å²) in [4.78, 5) is 0. The summed E-state index contributed by atoms with van der Waals surface area (Å²) < 4.78 is 17.4. The highest BCUT2D eigenvalue weighted by Crippen LogP contribution is 2.27. The second kappa shape index (κ2) is 6.71. The van der Waals surface area contributed by atoms with E-state index in [9.17, 15) is 4.39 Å². The van der Waals surface area contributed by atoms with Crippen LogP contribution in [0.1, 0.15) is 29.2 Å². The van der Waals surface area contributed by atoms with Crippen LogP contribution in [0.15, 0.2) is 12.1 Å². The van der Waals surface area contributed by atoms with Crippen LogP contribution in [0, 0.1) is 13.8 Å². The van der Waals surface area contributed by atoms with Gasteiger partial charge in [-0.15, -0.1) is 12.4 Å². The summed E-state index contributed by atoms with van der Waals surface area (Å²) in [7, 11) is 1.65. The van der Waals surface area contributed by atoms with Crippen LogP contribution < -0.4 is 10.5 Å². The van der Waals surface area contributed by atoms with Gasteiger partial charge in [-0.05, 0) is 37.0 Å². The maximum atomic E-state index is 12.2. The van der Waals surface area contributed by atoms with Crippen LogP contribution >= 0.6 is 12.4 Å². The number of ether oxygens (including phenoxy) is 1. The number of benzene rings is 1. The average molecular weight is 248 g/mol. The molecule has 2 nitrogen and oxygen atoms in total. The van der Waals surface area contributed by atoms with Crippen molar-refractivity contribution in [1.82, 2.24) is 0 Å². The van der Waals surface area contributed by atoms with Crippen molar-refractivity contribution in [1.29, 1.82) is 0 Å². The third-order valence-corrected chi connectivity index (χ3v) is 2.54. The molecule has 1 aromatic carbocycles. The smallest absolute Gasteiger partial charge is 0.124 e. The zero-order valence-electron chi connectivity index (χ0n) is 9.92. The predicted octanol–water partition coefficient (Wildman–Crippen LogP) is 3.09. The van der Waals surface area contributed by atoms with E-state index in [-0.39, 0.29) is 25.1 Å². The molecule has 1 aromatic rings. The fourth-order valence-corrected chi connectivity index (χ4v) is 1.80. The third kappa shape index (κ3) is 3.35. The van der Waals surface area contributed by atoms with Gasteiger partial charge in [0.1, 0.15) is 5.75 Å². The molecule has 0 aromatic heterocycles. The van der Waals surface area contributed by atoms with E-state index in [0.717, 1.165) is 22.4 Å². The Balaban J connectivity index is 0.00000225. The summed E-state index contributed by atoms with van der Waals surface area (Å²) in [6.07, 6.45) is 0.366. The normalized spacial score (nSPS) is 11.8. The van der Waals surface area contributed by atoms with Gasteiger partial charge >= 0.3 is 0 Å². The van der Waals surface area contributed by atoms with Crippen molar-refractivity contribution in [3.63, 3.8) is 0 Å². The number of rotatable bonds is 4. The molecule has 16 heavy (non-hydrogen) atoms. The molecule has 0 fully saturated rings. The van der Waals surface area contributed by atoms with Gasteiger partial charge in [0, 0.05) is 6.04 Å². The molecule has 0 saturated carbocycles. The topological polar surface area (TPSA) is 35.2 Å². The van der Waals surface area contributed by atoms with Gasteiger partial charge in [0.25, 0.3) is 0 Å². The Morgan fingerprint density at radius 3 is 2.19 bits per heavy atom. The SMILES string of the molecule is COc1c(C)cc([C@@H](N)CCF)cc1C.Cl. The van der Waals surface area contributed by atoms with Crippen LogP contribution in [-0.4, -0.2) is 13.8 Å². The Bertz CT molecular complexity index is 321. The molecule has 92 valence electrons. The highest BCUT2D eigenvalue weighted by Gasteiger charge is 2.10. The summed E-state index contributed by atoms with van der Waals surface area (Å²) in [5.74, 6) is 0.881. The fourth-order valence-electron chi connectivity index (χ4n) is 1.80. The molecule has 0 aliphatic carbocycles. The molecule has 0 spiro atoms. The quantitative estimate of drug-likeness (QED) is 0.888. The number of hydrogen-bond donors (Lipinski definition) is 1. The van der Waals surface area contributed by atoms with Crippen LogP contribution in [0.2, 0.25) is 0 Å². The van der Waals surface area contributed by atoms with Crippen molar-refractivity contribution in [3.8, 4) is 5.75 Å². The van der Waals surface area contributed by atoms with Gasteiger partial charge in [0.15, 0.2) is 0 Å². The van der Waals surface area contributed by atoms with Crippen molar-refractivity contribution >= 4 is 12.4 Å². The number of alkyl halides is 1. The highest BCUT2D eigenvalue weighted by molar-refractivity contribution is 5.85. The minimum atomic E-state index is -0.384. The van der Waals surface area contributed by atoms with E-state index in [1.807, 2.05) is 26.0 Å². The lowest BCUT2D eigenvalue weighted by molar-refractivity contribution is 0.407. The summed E-state index contributed by atoms with van der Waals surface area (Å²) in [6, 6.07) is 3.71. The lowest BCUT2D eigenvalue weighted by Crippen LogP contribution is -2.11. The summed E-state index contributed by atoms with van der Waals surface area (Å²) in [6.45, 7) is 3.56. The molecule has 1 atom stereocenters. The van der Waals surface area contributed by atoms with Crippen LogP contribution in [0.4, 0.5) is 4.39 Å². The maximum absolute atomic E-state index is 12.2. The largest absolute Gasteiger partial charge is 0.496 e. The summed E-state index contributed by atoms with van der Waals surface area (Å²) in [5, 5.41) is 0. The Morgan fingerprint density at radius 2 is 1.81 bits per heavy atom. The van der Waals surface area contributed by atoms with Crippen LogP contribution in [0.3, 0.4) is 0 Å². The third-order valence-electron chi connectivity index (χ3n) is 2.54. The van der Waals surface area contributed by atoms with Crippen molar-refractivity contribution < 1.29 is 9.13 Å². The van der Waals surface area contributed by atoms with Crippen LogP contribution in [0.25, 0.3) is 0 Å². The number of halogens is 2. The van der Waals surface area contributed by atoms with Gasteiger partial charge in [-0.1, -0.05) is 12.1 Å². The van der Waals surface area contributed by atoms with Crippen molar-refractivity contribution in [2.24, 2.45) is 5.73 Å². The first kappa shape index (κ1) is 15.2. The van der Waals surface area contributed by atoms with Crippen molar-refractivity contribution in [3.05, 3.63) is 28.8 Å². The van der Waals surface area contributed by atoms with Crippen molar-refractivity contribution in [2.45, 2.75) is 26.3 Å². The van der Waals surface area contributed by atoms with Gasteiger partial charge in [-0.2, -0.15) is 0 Å². The number of nitrogens with two attached hydrogens (primary N) is 1. The molecule has 0 aliphatic rings. The van der Waals surface area contributed by atoms with Gasteiger partial charge in [-0.25, -0.2) is 0 Å². The zero-order valence-corrected chi connectivity index (χ0v) is 10.7. The standard InChI is InChI=1S/C12H18FNO.ClH/c1-8-6-10(11(14)4-5-13)7-9(2)12(8)15-3;/h6-7,11H,4-5,14H2,1-3H3;1H/t11-;/m0./s1. The number of aryl methyl sites for hydroxylation is 2. The van der Waals surface area contributed by atoms with E-state index in [1.165, 1.54) is 0 Å². The first-order chi connectivity index (χ1) is 7.10. The zero-order chi connectivity index (χ0) is 11.4. The highest BCUT2D eigenvalue weighted by atomic mass is 35.5. The Hall–Kier alpha value is -0.800. The molecule has 0 radical (unpaired) electrons. The molecule has 0 unspecified atom stereocenters. The van der Waals surface area contributed by atoms with E-state index in [0.29, 0.717) is 6.42 Å². The average Bonchev–Trinajstić information content (AvgIpc) is 2.17. The Labute approximate surface area is 102 Å². The van der Waals surface area contributed by atoms with E-state index in [4.69, 9.17) is 10.5 Å². The Morgan fingerprint density at radius 1 is 1.31 bits per heavy atom. The Kier molecular flexibility index (Phi) is 6.38. The minimum absolute atomic E-state index is 0. The molecule has 0 heterocycles. The molecular formula is C12H19ClFNO.